The zero-order chi connectivity index (χ0) is 10.8. The minimum Gasteiger partial charge on any atom is -0.442 e. The van der Waals surface area contributed by atoms with Crippen LogP contribution in [0.1, 0.15) is 25.7 Å². The Bertz CT molecular complexity index is 238. The van der Waals surface area contributed by atoms with Gasteiger partial charge in [0.2, 0.25) is 0 Å². The summed E-state index contributed by atoms with van der Waals surface area (Å²) in [5.41, 5.74) is 0. The molecule has 0 spiro atoms. The fraction of sp³-hybridized carbons (Fsp3) is 0.900. The molecule has 1 amide bonds. The molecule has 1 aliphatic carbocycles. The zero-order valence-electron chi connectivity index (χ0n) is 8.63. The Morgan fingerprint density at radius 3 is 2.53 bits per heavy atom. The first-order valence-corrected chi connectivity index (χ1v) is 5.47. The Hall–Kier alpha value is -0.810. The topological polar surface area (TPSA) is 70.0 Å². The molecule has 0 aromatic heterocycles. The maximum absolute atomic E-state index is 11.5. The maximum Gasteiger partial charge on any atom is 0.410 e. The Labute approximate surface area is 88.6 Å². The SMILES string of the molecule is O=C1O[C@@H](CO)CN1C1CCC(O)CC1. The summed E-state index contributed by atoms with van der Waals surface area (Å²) in [5, 5.41) is 18.3. The summed E-state index contributed by atoms with van der Waals surface area (Å²) in [6.07, 6.45) is 2.24. The van der Waals surface area contributed by atoms with Crippen molar-refractivity contribution >= 4 is 6.09 Å². The summed E-state index contributed by atoms with van der Waals surface area (Å²) in [4.78, 5) is 13.1. The first kappa shape index (κ1) is 10.7. The number of aliphatic hydroxyl groups excluding tert-OH is 2. The van der Waals surface area contributed by atoms with Crippen molar-refractivity contribution in [2.75, 3.05) is 13.2 Å². The van der Waals surface area contributed by atoms with Crippen molar-refractivity contribution in [2.24, 2.45) is 0 Å². The number of hydrogen-bond acceptors (Lipinski definition) is 4. The van der Waals surface area contributed by atoms with E-state index in [0.29, 0.717) is 6.54 Å². The van der Waals surface area contributed by atoms with Crippen LogP contribution in [0.4, 0.5) is 4.79 Å². The second kappa shape index (κ2) is 4.37. The lowest BCUT2D eigenvalue weighted by Gasteiger charge is -2.31. The molecule has 2 aliphatic rings. The molecule has 1 aliphatic heterocycles. The summed E-state index contributed by atoms with van der Waals surface area (Å²) >= 11 is 0. The number of hydrogen-bond donors (Lipinski definition) is 2. The van der Waals surface area contributed by atoms with Gasteiger partial charge < -0.3 is 19.8 Å². The van der Waals surface area contributed by atoms with E-state index in [2.05, 4.69) is 0 Å². The quantitative estimate of drug-likeness (QED) is 0.685. The van der Waals surface area contributed by atoms with E-state index in [1.807, 2.05) is 0 Å². The van der Waals surface area contributed by atoms with E-state index in [-0.39, 0.29) is 30.9 Å². The second-order valence-electron chi connectivity index (χ2n) is 4.30. The molecule has 0 aromatic carbocycles. The van der Waals surface area contributed by atoms with Crippen molar-refractivity contribution in [2.45, 2.75) is 43.9 Å². The third-order valence-corrected chi connectivity index (χ3v) is 3.21. The largest absolute Gasteiger partial charge is 0.442 e. The van der Waals surface area contributed by atoms with Crippen molar-refractivity contribution in [3.05, 3.63) is 0 Å². The first-order chi connectivity index (χ1) is 7.20. The van der Waals surface area contributed by atoms with Crippen molar-refractivity contribution in [3.8, 4) is 0 Å². The molecule has 1 saturated heterocycles. The van der Waals surface area contributed by atoms with Crippen molar-refractivity contribution in [1.29, 1.82) is 0 Å². The molecule has 5 nitrogen and oxygen atoms in total. The van der Waals surface area contributed by atoms with Gasteiger partial charge in [-0.15, -0.1) is 0 Å². The van der Waals surface area contributed by atoms with Crippen molar-refractivity contribution < 1.29 is 19.7 Å². The van der Waals surface area contributed by atoms with Crippen LogP contribution in [0.2, 0.25) is 0 Å². The van der Waals surface area contributed by atoms with E-state index in [1.165, 1.54) is 0 Å². The van der Waals surface area contributed by atoms with E-state index >= 15 is 0 Å². The molecule has 2 fully saturated rings. The Morgan fingerprint density at radius 2 is 2.00 bits per heavy atom. The van der Waals surface area contributed by atoms with Gasteiger partial charge in [-0.3, -0.25) is 0 Å². The third kappa shape index (κ3) is 2.23. The summed E-state index contributed by atoms with van der Waals surface area (Å²) in [5.74, 6) is 0. The van der Waals surface area contributed by atoms with Gasteiger partial charge in [0.15, 0.2) is 0 Å². The fourth-order valence-corrected chi connectivity index (χ4v) is 2.30. The fourth-order valence-electron chi connectivity index (χ4n) is 2.30. The molecule has 1 saturated carbocycles. The van der Waals surface area contributed by atoms with Gasteiger partial charge in [0.05, 0.1) is 19.3 Å². The predicted molar refractivity (Wildman–Crippen MR) is 52.3 cm³/mol. The van der Waals surface area contributed by atoms with Crippen LogP contribution in [0, 0.1) is 0 Å². The van der Waals surface area contributed by atoms with Crippen molar-refractivity contribution in [1.82, 2.24) is 4.90 Å². The van der Waals surface area contributed by atoms with Crippen molar-refractivity contribution in [3.63, 3.8) is 0 Å². The van der Waals surface area contributed by atoms with Gasteiger partial charge in [0.1, 0.15) is 6.10 Å². The third-order valence-electron chi connectivity index (χ3n) is 3.21. The summed E-state index contributed by atoms with van der Waals surface area (Å²) < 4.78 is 4.98. The molecule has 15 heavy (non-hydrogen) atoms. The summed E-state index contributed by atoms with van der Waals surface area (Å²) in [7, 11) is 0. The summed E-state index contributed by atoms with van der Waals surface area (Å²) in [6.45, 7) is 0.369. The predicted octanol–water partition coefficient (Wildman–Crippen LogP) is 0.103. The van der Waals surface area contributed by atoms with Crippen LogP contribution in [-0.4, -0.2) is 52.6 Å². The molecule has 2 rings (SSSR count). The molecule has 0 unspecified atom stereocenters. The van der Waals surface area contributed by atoms with E-state index in [9.17, 15) is 9.90 Å². The smallest absolute Gasteiger partial charge is 0.410 e. The number of cyclic esters (lactones) is 1. The van der Waals surface area contributed by atoms with Crippen LogP contribution in [0.25, 0.3) is 0 Å². The number of carbonyl (C=O) groups excluding carboxylic acids is 1. The van der Waals surface area contributed by atoms with Gasteiger partial charge in [-0.05, 0) is 25.7 Å². The molecule has 5 heteroatoms. The molecule has 86 valence electrons. The van der Waals surface area contributed by atoms with E-state index < -0.39 is 0 Å². The van der Waals surface area contributed by atoms with Crippen LogP contribution >= 0.6 is 0 Å². The molecule has 0 bridgehead atoms. The van der Waals surface area contributed by atoms with Crippen LogP contribution < -0.4 is 0 Å². The van der Waals surface area contributed by atoms with Crippen LogP contribution in [0.3, 0.4) is 0 Å². The van der Waals surface area contributed by atoms with Gasteiger partial charge in [-0.2, -0.15) is 0 Å². The molecule has 1 heterocycles. The standard InChI is InChI=1S/C10H17NO4/c12-6-9-5-11(10(14)15-9)7-1-3-8(13)4-2-7/h7-9,12-13H,1-6H2/t7?,8?,9-/m1/s1. The van der Waals surface area contributed by atoms with Gasteiger partial charge in [0, 0.05) is 6.04 Å². The molecule has 1 atom stereocenters. The number of ether oxygens (including phenoxy) is 1. The van der Waals surface area contributed by atoms with E-state index in [0.717, 1.165) is 25.7 Å². The van der Waals surface area contributed by atoms with Gasteiger partial charge >= 0.3 is 6.09 Å². The Balaban J connectivity index is 1.91. The van der Waals surface area contributed by atoms with Crippen LogP contribution in [-0.2, 0) is 4.74 Å². The van der Waals surface area contributed by atoms with Gasteiger partial charge in [-0.25, -0.2) is 4.79 Å². The number of carbonyl (C=O) groups is 1. The lowest BCUT2D eigenvalue weighted by atomic mass is 9.92. The highest BCUT2D eigenvalue weighted by Gasteiger charge is 2.36. The average molecular weight is 215 g/mol. The minimum atomic E-state index is -0.371. The van der Waals surface area contributed by atoms with Gasteiger partial charge in [0.25, 0.3) is 0 Å². The maximum atomic E-state index is 11.5. The van der Waals surface area contributed by atoms with Gasteiger partial charge in [-0.1, -0.05) is 0 Å². The minimum absolute atomic E-state index is 0.114. The number of amides is 1. The Morgan fingerprint density at radius 1 is 1.33 bits per heavy atom. The molecule has 0 radical (unpaired) electrons. The lowest BCUT2D eigenvalue weighted by molar-refractivity contribution is 0.0825. The zero-order valence-corrected chi connectivity index (χ0v) is 8.63. The average Bonchev–Trinajstić information content (AvgIpc) is 2.61. The highest BCUT2D eigenvalue weighted by molar-refractivity contribution is 5.70. The second-order valence-corrected chi connectivity index (χ2v) is 4.30. The first-order valence-electron chi connectivity index (χ1n) is 5.47. The lowest BCUT2D eigenvalue weighted by Crippen LogP contribution is -2.40. The number of nitrogens with zero attached hydrogens (tertiary/aromatic N) is 1. The highest BCUT2D eigenvalue weighted by atomic mass is 16.6. The number of aliphatic hydroxyl groups is 2. The normalized spacial score (nSPS) is 36.8. The highest BCUT2D eigenvalue weighted by Crippen LogP contribution is 2.26. The molecular formula is C10H17NO4. The van der Waals surface area contributed by atoms with Crippen LogP contribution in [0.5, 0.6) is 0 Å². The monoisotopic (exact) mass is 215 g/mol. The molecule has 2 N–H and O–H groups in total. The molecule has 0 aromatic rings. The van der Waals surface area contributed by atoms with E-state index in [1.54, 1.807) is 4.90 Å². The Kier molecular flexibility index (Phi) is 3.11. The summed E-state index contributed by atoms with van der Waals surface area (Å²) in [6, 6.07) is 0.178. The van der Waals surface area contributed by atoms with E-state index in [4.69, 9.17) is 9.84 Å². The van der Waals surface area contributed by atoms with Crippen LogP contribution in [0.15, 0.2) is 0 Å². The molecular weight excluding hydrogens is 198 g/mol. The number of rotatable bonds is 2.